The summed E-state index contributed by atoms with van der Waals surface area (Å²) in [5.41, 5.74) is 1.19. The zero-order valence-electron chi connectivity index (χ0n) is 12.9. The van der Waals surface area contributed by atoms with Gasteiger partial charge in [0.25, 0.3) is 0 Å². The van der Waals surface area contributed by atoms with Gasteiger partial charge in [0.1, 0.15) is 0 Å². The predicted molar refractivity (Wildman–Crippen MR) is 88.1 cm³/mol. The number of amides is 2. The van der Waals surface area contributed by atoms with E-state index >= 15 is 0 Å². The highest BCUT2D eigenvalue weighted by atomic mass is 16.3. The third-order valence-corrected chi connectivity index (χ3v) is 4.36. The van der Waals surface area contributed by atoms with E-state index in [1.54, 1.807) is 0 Å². The molecular formula is C17H23N3O2. The molecule has 22 heavy (non-hydrogen) atoms. The highest BCUT2D eigenvalue weighted by Gasteiger charge is 2.34. The Hall–Kier alpha value is -2.01. The maximum Gasteiger partial charge on any atom is 0.319 e. The number of benzene rings is 1. The minimum Gasteiger partial charge on any atom is -0.388 e. The molecule has 1 aliphatic carbocycles. The van der Waals surface area contributed by atoms with E-state index in [-0.39, 0.29) is 6.03 Å². The first kappa shape index (κ1) is 14.9. The van der Waals surface area contributed by atoms with Crippen molar-refractivity contribution in [3.8, 4) is 0 Å². The minimum absolute atomic E-state index is 0.270. The molecule has 1 aromatic carbocycles. The molecule has 0 radical (unpaired) electrons. The summed E-state index contributed by atoms with van der Waals surface area (Å²) in [4.78, 5) is 11.9. The van der Waals surface area contributed by atoms with Crippen LogP contribution < -0.4 is 10.6 Å². The number of carbonyl (C=O) groups excluding carboxylic acids is 1. The molecule has 1 fully saturated rings. The van der Waals surface area contributed by atoms with Crippen molar-refractivity contribution < 1.29 is 9.90 Å². The molecule has 2 amide bonds. The summed E-state index contributed by atoms with van der Waals surface area (Å²) in [7, 11) is 0. The predicted octanol–water partition coefficient (Wildman–Crippen LogP) is 3.09. The molecule has 1 heterocycles. The molecule has 3 rings (SSSR count). The van der Waals surface area contributed by atoms with Crippen molar-refractivity contribution in [3.63, 3.8) is 0 Å². The highest BCUT2D eigenvalue weighted by molar-refractivity contribution is 5.92. The maximum absolute atomic E-state index is 11.9. The third-order valence-electron chi connectivity index (χ3n) is 4.36. The summed E-state index contributed by atoms with van der Waals surface area (Å²) in [6.07, 6.45) is 5.71. The number of anilines is 1. The molecule has 1 aromatic heterocycles. The second-order valence-corrected chi connectivity index (χ2v) is 6.17. The van der Waals surface area contributed by atoms with Crippen LogP contribution in [0.5, 0.6) is 0 Å². The van der Waals surface area contributed by atoms with E-state index in [9.17, 15) is 9.90 Å². The molecule has 5 heteroatoms. The molecule has 0 bridgehead atoms. The molecular weight excluding hydrogens is 278 g/mol. The molecule has 5 nitrogen and oxygen atoms in total. The van der Waals surface area contributed by atoms with Crippen LogP contribution >= 0.6 is 0 Å². The number of nitrogens with one attached hydrogen (secondary N) is 2. The normalized spacial score (nSPS) is 16.3. The SMILES string of the molecule is CCCn1ccc2ccc(NC(=O)NCC3(O)CCC3)cc21. The second-order valence-electron chi connectivity index (χ2n) is 6.17. The third kappa shape index (κ3) is 3.09. The Kier molecular flexibility index (Phi) is 4.07. The van der Waals surface area contributed by atoms with E-state index in [1.165, 1.54) is 5.39 Å². The van der Waals surface area contributed by atoms with Crippen LogP contribution in [-0.4, -0.2) is 27.9 Å². The van der Waals surface area contributed by atoms with Crippen molar-refractivity contribution in [2.45, 2.75) is 44.8 Å². The molecule has 0 aliphatic heterocycles. The van der Waals surface area contributed by atoms with Gasteiger partial charge in [-0.2, -0.15) is 0 Å². The lowest BCUT2D eigenvalue weighted by Gasteiger charge is -2.36. The largest absolute Gasteiger partial charge is 0.388 e. The van der Waals surface area contributed by atoms with Gasteiger partial charge in [-0.1, -0.05) is 13.0 Å². The van der Waals surface area contributed by atoms with Gasteiger partial charge in [0.2, 0.25) is 0 Å². The standard InChI is InChI=1S/C17H23N3O2/c1-2-9-20-10-6-13-4-5-14(11-15(13)20)19-16(21)18-12-17(22)7-3-8-17/h4-6,10-11,22H,2-3,7-9,12H2,1H3,(H2,18,19,21). The van der Waals surface area contributed by atoms with Crippen molar-refractivity contribution in [3.05, 3.63) is 30.5 Å². The van der Waals surface area contributed by atoms with Gasteiger partial charge in [-0.15, -0.1) is 0 Å². The average Bonchev–Trinajstić information content (AvgIpc) is 2.86. The maximum atomic E-state index is 11.9. The van der Waals surface area contributed by atoms with Crippen molar-refractivity contribution >= 4 is 22.6 Å². The van der Waals surface area contributed by atoms with Crippen LogP contribution in [0.1, 0.15) is 32.6 Å². The van der Waals surface area contributed by atoms with Gasteiger partial charge in [-0.25, -0.2) is 4.79 Å². The van der Waals surface area contributed by atoms with E-state index in [4.69, 9.17) is 0 Å². The summed E-state index contributed by atoms with van der Waals surface area (Å²) in [5, 5.41) is 16.7. The number of hydrogen-bond donors (Lipinski definition) is 3. The Labute approximate surface area is 130 Å². The second kappa shape index (κ2) is 6.01. The summed E-state index contributed by atoms with van der Waals surface area (Å²) in [6, 6.07) is 7.71. The van der Waals surface area contributed by atoms with Gasteiger partial charge >= 0.3 is 6.03 Å². The number of aliphatic hydroxyl groups is 1. The number of fused-ring (bicyclic) bond motifs is 1. The van der Waals surface area contributed by atoms with E-state index in [2.05, 4.69) is 34.4 Å². The van der Waals surface area contributed by atoms with Crippen molar-refractivity contribution in [1.29, 1.82) is 0 Å². The zero-order valence-corrected chi connectivity index (χ0v) is 12.9. The summed E-state index contributed by atoms with van der Waals surface area (Å²) < 4.78 is 2.19. The lowest BCUT2D eigenvalue weighted by Crippen LogP contribution is -2.48. The number of carbonyl (C=O) groups is 1. The molecule has 0 spiro atoms. The van der Waals surface area contributed by atoms with Gasteiger partial charge < -0.3 is 20.3 Å². The van der Waals surface area contributed by atoms with E-state index in [0.717, 1.165) is 43.4 Å². The monoisotopic (exact) mass is 301 g/mol. The van der Waals surface area contributed by atoms with Gasteiger partial charge in [-0.05, 0) is 49.3 Å². The molecule has 2 aromatic rings. The Morgan fingerprint density at radius 2 is 2.18 bits per heavy atom. The first-order valence-corrected chi connectivity index (χ1v) is 7.96. The summed E-state index contributed by atoms with van der Waals surface area (Å²) in [5.74, 6) is 0. The number of aryl methyl sites for hydroxylation is 1. The Morgan fingerprint density at radius 3 is 2.86 bits per heavy atom. The molecule has 1 saturated carbocycles. The van der Waals surface area contributed by atoms with Crippen LogP contribution in [0, 0.1) is 0 Å². The van der Waals surface area contributed by atoms with E-state index in [0.29, 0.717) is 6.54 Å². The van der Waals surface area contributed by atoms with Crippen LogP contribution in [0.25, 0.3) is 10.9 Å². The quantitative estimate of drug-likeness (QED) is 0.794. The zero-order chi connectivity index (χ0) is 15.6. The minimum atomic E-state index is -0.697. The van der Waals surface area contributed by atoms with Crippen LogP contribution in [0.2, 0.25) is 0 Å². The van der Waals surface area contributed by atoms with Gasteiger partial charge in [-0.3, -0.25) is 0 Å². The Morgan fingerprint density at radius 1 is 1.36 bits per heavy atom. The van der Waals surface area contributed by atoms with Gasteiger partial charge in [0, 0.05) is 25.0 Å². The number of urea groups is 1. The summed E-state index contributed by atoms with van der Waals surface area (Å²) >= 11 is 0. The van der Waals surface area contributed by atoms with Crippen LogP contribution in [0.3, 0.4) is 0 Å². The fourth-order valence-corrected chi connectivity index (χ4v) is 2.88. The number of aromatic nitrogens is 1. The topological polar surface area (TPSA) is 66.3 Å². The fourth-order valence-electron chi connectivity index (χ4n) is 2.88. The molecule has 118 valence electrons. The van der Waals surface area contributed by atoms with Crippen molar-refractivity contribution in [2.75, 3.05) is 11.9 Å². The lowest BCUT2D eigenvalue weighted by molar-refractivity contribution is -0.0287. The fraction of sp³-hybridized carbons (Fsp3) is 0.471. The Bertz CT molecular complexity index is 674. The molecule has 1 aliphatic rings. The van der Waals surface area contributed by atoms with Gasteiger partial charge in [0.15, 0.2) is 0 Å². The lowest BCUT2D eigenvalue weighted by atomic mass is 9.80. The van der Waals surface area contributed by atoms with Crippen LogP contribution in [0.15, 0.2) is 30.5 Å². The Balaban J connectivity index is 1.65. The van der Waals surface area contributed by atoms with Crippen molar-refractivity contribution in [2.24, 2.45) is 0 Å². The molecule has 0 unspecified atom stereocenters. The smallest absolute Gasteiger partial charge is 0.319 e. The van der Waals surface area contributed by atoms with Crippen LogP contribution in [0.4, 0.5) is 10.5 Å². The number of hydrogen-bond acceptors (Lipinski definition) is 2. The molecule has 3 N–H and O–H groups in total. The average molecular weight is 301 g/mol. The van der Waals surface area contributed by atoms with Crippen molar-refractivity contribution in [1.82, 2.24) is 9.88 Å². The molecule has 0 atom stereocenters. The number of rotatable bonds is 5. The van der Waals surface area contributed by atoms with Gasteiger partial charge in [0.05, 0.1) is 11.1 Å². The summed E-state index contributed by atoms with van der Waals surface area (Å²) in [6.45, 7) is 3.42. The van der Waals surface area contributed by atoms with E-state index in [1.807, 2.05) is 18.2 Å². The molecule has 0 saturated heterocycles. The van der Waals surface area contributed by atoms with Crippen LogP contribution in [-0.2, 0) is 6.54 Å². The first-order chi connectivity index (χ1) is 10.6. The number of nitrogens with zero attached hydrogens (tertiary/aromatic N) is 1. The van der Waals surface area contributed by atoms with E-state index < -0.39 is 5.60 Å². The highest BCUT2D eigenvalue weighted by Crippen LogP contribution is 2.30. The first-order valence-electron chi connectivity index (χ1n) is 7.96.